The lowest BCUT2D eigenvalue weighted by Gasteiger charge is -2.15. The monoisotopic (exact) mass is 281 g/mol. The second-order valence-corrected chi connectivity index (χ2v) is 6.29. The summed E-state index contributed by atoms with van der Waals surface area (Å²) in [5.74, 6) is 0.548. The maximum absolute atomic E-state index is 6.26. The smallest absolute Gasteiger partial charge is 0.0659 e. The van der Waals surface area contributed by atoms with Crippen LogP contribution in [0.5, 0.6) is 0 Å². The molecule has 2 N–H and O–H groups in total. The first-order chi connectivity index (χ1) is 10.1. The largest absolute Gasteiger partial charge is 0.379 e. The van der Waals surface area contributed by atoms with Gasteiger partial charge in [-0.15, -0.1) is 0 Å². The van der Waals surface area contributed by atoms with Gasteiger partial charge in [-0.3, -0.25) is 0 Å². The third-order valence-corrected chi connectivity index (χ3v) is 3.99. The van der Waals surface area contributed by atoms with Gasteiger partial charge in [0.05, 0.1) is 12.6 Å². The Morgan fingerprint density at radius 1 is 1.00 bits per heavy atom. The molecule has 0 aromatic heterocycles. The molecule has 1 aliphatic carbocycles. The summed E-state index contributed by atoms with van der Waals surface area (Å²) in [5.41, 5.74) is 12.9. The summed E-state index contributed by atoms with van der Waals surface area (Å²) >= 11 is 0. The van der Waals surface area contributed by atoms with E-state index in [0.717, 1.165) is 13.0 Å². The molecule has 21 heavy (non-hydrogen) atoms. The molecule has 0 heterocycles. The van der Waals surface area contributed by atoms with Crippen LogP contribution in [0.15, 0.2) is 42.5 Å². The minimum atomic E-state index is -0.0437. The van der Waals surface area contributed by atoms with Gasteiger partial charge in [0.25, 0.3) is 0 Å². The molecule has 1 unspecified atom stereocenters. The van der Waals surface area contributed by atoms with Gasteiger partial charge < -0.3 is 10.5 Å². The van der Waals surface area contributed by atoms with E-state index in [1.54, 1.807) is 0 Å². The van der Waals surface area contributed by atoms with E-state index in [2.05, 4.69) is 56.3 Å². The molecule has 0 aliphatic heterocycles. The summed E-state index contributed by atoms with van der Waals surface area (Å²) in [6.45, 7) is 5.66. The van der Waals surface area contributed by atoms with Crippen molar-refractivity contribution < 1.29 is 4.74 Å². The van der Waals surface area contributed by atoms with Gasteiger partial charge in [0, 0.05) is 6.61 Å². The van der Waals surface area contributed by atoms with Crippen molar-refractivity contribution in [3.05, 3.63) is 59.2 Å². The fraction of sp³-hybridized carbons (Fsp3) is 0.368. The normalized spacial score (nSPS) is 14.1. The van der Waals surface area contributed by atoms with E-state index in [9.17, 15) is 0 Å². The fourth-order valence-corrected chi connectivity index (χ4v) is 2.92. The predicted octanol–water partition coefficient (Wildman–Crippen LogP) is 3.93. The van der Waals surface area contributed by atoms with Crippen LogP contribution in [0.1, 0.15) is 36.6 Å². The van der Waals surface area contributed by atoms with Crippen molar-refractivity contribution in [3.8, 4) is 11.1 Å². The van der Waals surface area contributed by atoms with Crippen molar-refractivity contribution in [1.82, 2.24) is 0 Å². The van der Waals surface area contributed by atoms with Gasteiger partial charge in [-0.2, -0.15) is 0 Å². The first kappa shape index (κ1) is 14.3. The van der Waals surface area contributed by atoms with Gasteiger partial charge in [-0.05, 0) is 40.2 Å². The third-order valence-electron chi connectivity index (χ3n) is 3.99. The van der Waals surface area contributed by atoms with Gasteiger partial charge in [-0.1, -0.05) is 56.3 Å². The molecule has 110 valence electrons. The zero-order valence-corrected chi connectivity index (χ0v) is 12.8. The second kappa shape index (κ2) is 6.00. The van der Waals surface area contributed by atoms with Crippen molar-refractivity contribution >= 4 is 0 Å². The highest BCUT2D eigenvalue weighted by atomic mass is 16.5. The number of nitrogens with two attached hydrogens (primary N) is 1. The van der Waals surface area contributed by atoms with Crippen LogP contribution >= 0.6 is 0 Å². The number of hydrogen-bond donors (Lipinski definition) is 1. The minimum absolute atomic E-state index is 0.0437. The van der Waals surface area contributed by atoms with Crippen molar-refractivity contribution in [2.24, 2.45) is 11.7 Å². The molecule has 0 saturated heterocycles. The van der Waals surface area contributed by atoms with Crippen molar-refractivity contribution in [2.75, 3.05) is 13.2 Å². The Morgan fingerprint density at radius 3 is 2.57 bits per heavy atom. The van der Waals surface area contributed by atoms with Crippen LogP contribution in [0.25, 0.3) is 11.1 Å². The Kier molecular flexibility index (Phi) is 4.09. The highest BCUT2D eigenvalue weighted by Crippen LogP contribution is 2.37. The summed E-state index contributed by atoms with van der Waals surface area (Å²) in [5, 5.41) is 0. The van der Waals surface area contributed by atoms with Crippen LogP contribution in [0, 0.1) is 5.92 Å². The molecule has 1 aliphatic rings. The van der Waals surface area contributed by atoms with Gasteiger partial charge >= 0.3 is 0 Å². The molecule has 1 atom stereocenters. The van der Waals surface area contributed by atoms with Gasteiger partial charge in [0.2, 0.25) is 0 Å². The molecule has 0 radical (unpaired) electrons. The average Bonchev–Trinajstić information content (AvgIpc) is 2.84. The summed E-state index contributed by atoms with van der Waals surface area (Å²) in [4.78, 5) is 0. The first-order valence-electron chi connectivity index (χ1n) is 7.69. The van der Waals surface area contributed by atoms with E-state index in [0.29, 0.717) is 12.5 Å². The van der Waals surface area contributed by atoms with E-state index in [4.69, 9.17) is 10.5 Å². The first-order valence-corrected chi connectivity index (χ1v) is 7.69. The Hall–Kier alpha value is -1.64. The molecule has 0 bridgehead atoms. The van der Waals surface area contributed by atoms with Gasteiger partial charge in [-0.25, -0.2) is 0 Å². The second-order valence-electron chi connectivity index (χ2n) is 6.29. The molecule has 2 aromatic carbocycles. The molecule has 0 amide bonds. The molecular weight excluding hydrogens is 258 g/mol. The van der Waals surface area contributed by atoms with E-state index in [-0.39, 0.29) is 6.04 Å². The van der Waals surface area contributed by atoms with Crippen LogP contribution in [-0.4, -0.2) is 13.2 Å². The van der Waals surface area contributed by atoms with E-state index in [1.165, 1.54) is 27.8 Å². The molecule has 2 aromatic rings. The Bertz CT molecular complexity index is 633. The van der Waals surface area contributed by atoms with Crippen LogP contribution in [0.2, 0.25) is 0 Å². The number of ether oxygens (including phenoxy) is 1. The fourth-order valence-electron chi connectivity index (χ4n) is 2.92. The number of hydrogen-bond acceptors (Lipinski definition) is 2. The topological polar surface area (TPSA) is 35.2 Å². The van der Waals surface area contributed by atoms with Gasteiger partial charge in [0.15, 0.2) is 0 Å². The quantitative estimate of drug-likeness (QED) is 0.769. The Balaban J connectivity index is 1.74. The molecule has 0 spiro atoms. The van der Waals surface area contributed by atoms with E-state index < -0.39 is 0 Å². The Morgan fingerprint density at radius 2 is 1.76 bits per heavy atom. The predicted molar refractivity (Wildman–Crippen MR) is 87.3 cm³/mol. The number of benzene rings is 2. The average molecular weight is 281 g/mol. The van der Waals surface area contributed by atoms with Crippen LogP contribution < -0.4 is 5.73 Å². The molecule has 3 rings (SSSR count). The number of rotatable bonds is 5. The zero-order valence-electron chi connectivity index (χ0n) is 12.8. The molecular formula is C19H23NO. The molecule has 2 heteroatoms. The lowest BCUT2D eigenvalue weighted by molar-refractivity contribution is 0.0983. The molecule has 2 nitrogen and oxygen atoms in total. The lowest BCUT2D eigenvalue weighted by Crippen LogP contribution is -2.18. The van der Waals surface area contributed by atoms with Crippen LogP contribution in [-0.2, 0) is 11.2 Å². The van der Waals surface area contributed by atoms with Crippen molar-refractivity contribution in [3.63, 3.8) is 0 Å². The van der Waals surface area contributed by atoms with E-state index in [1.807, 2.05) is 0 Å². The maximum Gasteiger partial charge on any atom is 0.0659 e. The SMILES string of the molecule is CC(C)COCC(N)c1ccc2c(c1)Cc1ccccc1-2. The zero-order chi connectivity index (χ0) is 14.8. The van der Waals surface area contributed by atoms with E-state index >= 15 is 0 Å². The summed E-state index contributed by atoms with van der Waals surface area (Å²) in [6.07, 6.45) is 1.01. The minimum Gasteiger partial charge on any atom is -0.379 e. The highest BCUT2D eigenvalue weighted by Gasteiger charge is 2.19. The summed E-state index contributed by atoms with van der Waals surface area (Å²) in [6, 6.07) is 15.2. The van der Waals surface area contributed by atoms with Crippen molar-refractivity contribution in [2.45, 2.75) is 26.3 Å². The maximum atomic E-state index is 6.26. The molecule has 0 fully saturated rings. The Labute approximate surface area is 126 Å². The summed E-state index contributed by atoms with van der Waals surface area (Å²) in [7, 11) is 0. The van der Waals surface area contributed by atoms with Gasteiger partial charge in [0.1, 0.15) is 0 Å². The van der Waals surface area contributed by atoms with Crippen molar-refractivity contribution in [1.29, 1.82) is 0 Å². The highest BCUT2D eigenvalue weighted by molar-refractivity contribution is 5.76. The third kappa shape index (κ3) is 3.02. The van der Waals surface area contributed by atoms with Crippen LogP contribution in [0.3, 0.4) is 0 Å². The lowest BCUT2D eigenvalue weighted by atomic mass is 10.0. The number of fused-ring (bicyclic) bond motifs is 3. The molecule has 0 saturated carbocycles. The standard InChI is InChI=1S/C19H23NO/c1-13(2)11-21-12-19(20)15-7-8-18-16(10-15)9-14-5-3-4-6-17(14)18/h3-8,10,13,19H,9,11-12,20H2,1-2H3. The van der Waals surface area contributed by atoms with Crippen LogP contribution in [0.4, 0.5) is 0 Å². The summed E-state index contributed by atoms with van der Waals surface area (Å²) < 4.78 is 5.67.